The Morgan fingerprint density at radius 3 is 2.89 bits per heavy atom. The van der Waals surface area contributed by atoms with Gasteiger partial charge in [-0.05, 0) is 6.92 Å². The molecule has 4 heteroatoms. The van der Waals surface area contributed by atoms with Crippen molar-refractivity contribution in [1.29, 1.82) is 0 Å². The van der Waals surface area contributed by atoms with Gasteiger partial charge in [0, 0.05) is 5.75 Å². The number of hydrogen-bond donors (Lipinski definition) is 0. The predicted octanol–water partition coefficient (Wildman–Crippen LogP) is -0.730. The van der Waals surface area contributed by atoms with E-state index in [0.29, 0.717) is 5.75 Å². The lowest BCUT2D eigenvalue weighted by Crippen LogP contribution is -2.34. The third kappa shape index (κ3) is 1.45. The first-order chi connectivity index (χ1) is 4.20. The predicted molar refractivity (Wildman–Crippen MR) is 34.4 cm³/mol. The van der Waals surface area contributed by atoms with Gasteiger partial charge in [-0.3, -0.25) is 4.99 Å². The molecule has 0 saturated heterocycles. The number of hydrogen-bond acceptors (Lipinski definition) is 4. The maximum absolute atomic E-state index is 10.1. The fourth-order valence-electron chi connectivity index (χ4n) is 0.614. The van der Waals surface area contributed by atoms with Gasteiger partial charge in [0.25, 0.3) is 0 Å². The Labute approximate surface area is 57.2 Å². The fraction of sp³-hybridized carbons (Fsp3) is 0.600. The average Bonchev–Trinajstić information content (AvgIpc) is 2.14. The van der Waals surface area contributed by atoms with Crippen LogP contribution in [-0.4, -0.2) is 22.8 Å². The molecule has 9 heavy (non-hydrogen) atoms. The highest BCUT2D eigenvalue weighted by molar-refractivity contribution is 8.14. The molecule has 1 atom stereocenters. The molecule has 0 spiro atoms. The normalized spacial score (nSPS) is 25.9. The zero-order valence-corrected chi connectivity index (χ0v) is 5.77. The molecule has 1 aliphatic rings. The number of carboxylic acid groups (broad SMARTS) is 1. The quantitative estimate of drug-likeness (QED) is 0.487. The number of thioether (sulfide) groups is 1. The molecular formula is C5H6NO2S-. The molecule has 1 unspecified atom stereocenters. The fourth-order valence-corrected chi connectivity index (χ4v) is 1.43. The lowest BCUT2D eigenvalue weighted by Gasteiger charge is -2.03. The van der Waals surface area contributed by atoms with Crippen molar-refractivity contribution in [2.24, 2.45) is 4.99 Å². The van der Waals surface area contributed by atoms with E-state index in [2.05, 4.69) is 4.99 Å². The number of carboxylic acids is 1. The van der Waals surface area contributed by atoms with Gasteiger partial charge in [-0.2, -0.15) is 0 Å². The summed E-state index contributed by atoms with van der Waals surface area (Å²) in [7, 11) is 0. The maximum atomic E-state index is 10.1. The van der Waals surface area contributed by atoms with Gasteiger partial charge < -0.3 is 9.90 Å². The van der Waals surface area contributed by atoms with Crippen LogP contribution in [0.2, 0.25) is 0 Å². The summed E-state index contributed by atoms with van der Waals surface area (Å²) in [6, 6.07) is -0.602. The van der Waals surface area contributed by atoms with Crippen LogP contribution in [0.1, 0.15) is 6.92 Å². The summed E-state index contributed by atoms with van der Waals surface area (Å²) in [6.07, 6.45) is 0. The lowest BCUT2D eigenvalue weighted by atomic mass is 10.4. The summed E-state index contributed by atoms with van der Waals surface area (Å²) in [5.74, 6) is -0.534. The second-order valence-corrected chi connectivity index (χ2v) is 3.01. The molecule has 1 rings (SSSR count). The third-order valence-electron chi connectivity index (χ3n) is 1.06. The number of nitrogens with zero attached hydrogens (tertiary/aromatic N) is 1. The van der Waals surface area contributed by atoms with Gasteiger partial charge >= 0.3 is 0 Å². The minimum Gasteiger partial charge on any atom is -0.548 e. The van der Waals surface area contributed by atoms with Crippen LogP contribution in [0.15, 0.2) is 4.99 Å². The van der Waals surface area contributed by atoms with Crippen LogP contribution < -0.4 is 5.11 Å². The Bertz CT molecular complexity index is 166. The number of aliphatic imine (C=N–C) groups is 1. The molecule has 1 aliphatic heterocycles. The standard InChI is InChI=1S/C5H7NO2S/c1-3-6-4(2-9-3)5(7)8/h4H,2H2,1H3,(H,7,8)/p-1. The Balaban J connectivity index is 2.57. The van der Waals surface area contributed by atoms with E-state index in [1.165, 1.54) is 11.8 Å². The lowest BCUT2D eigenvalue weighted by molar-refractivity contribution is -0.306. The number of carbonyl (C=O) groups is 1. The topological polar surface area (TPSA) is 52.5 Å². The van der Waals surface area contributed by atoms with Crippen molar-refractivity contribution in [3.05, 3.63) is 0 Å². The van der Waals surface area contributed by atoms with Crippen molar-refractivity contribution >= 4 is 22.8 Å². The monoisotopic (exact) mass is 144 g/mol. The Morgan fingerprint density at radius 2 is 2.67 bits per heavy atom. The molecular weight excluding hydrogens is 138 g/mol. The summed E-state index contributed by atoms with van der Waals surface area (Å²) >= 11 is 1.46. The van der Waals surface area contributed by atoms with E-state index in [0.717, 1.165) is 5.04 Å². The second-order valence-electron chi connectivity index (χ2n) is 1.79. The number of rotatable bonds is 1. The highest BCUT2D eigenvalue weighted by atomic mass is 32.2. The summed E-state index contributed by atoms with van der Waals surface area (Å²) < 4.78 is 0. The van der Waals surface area contributed by atoms with Crippen molar-refractivity contribution < 1.29 is 9.90 Å². The van der Waals surface area contributed by atoms with Gasteiger partial charge in [0.15, 0.2) is 0 Å². The molecule has 3 nitrogen and oxygen atoms in total. The molecule has 1 heterocycles. The van der Waals surface area contributed by atoms with Crippen LogP contribution in [0.3, 0.4) is 0 Å². The van der Waals surface area contributed by atoms with Gasteiger partial charge in [0.2, 0.25) is 0 Å². The van der Waals surface area contributed by atoms with Crippen molar-refractivity contribution in [1.82, 2.24) is 0 Å². The summed E-state index contributed by atoms with van der Waals surface area (Å²) in [4.78, 5) is 13.9. The SMILES string of the molecule is CC1=NC(C(=O)[O-])CS1. The molecule has 0 amide bonds. The highest BCUT2D eigenvalue weighted by Crippen LogP contribution is 2.16. The van der Waals surface area contributed by atoms with Crippen molar-refractivity contribution in [3.63, 3.8) is 0 Å². The van der Waals surface area contributed by atoms with Crippen LogP contribution in [0.5, 0.6) is 0 Å². The van der Waals surface area contributed by atoms with Crippen LogP contribution >= 0.6 is 11.8 Å². The van der Waals surface area contributed by atoms with E-state index >= 15 is 0 Å². The molecule has 0 fully saturated rings. The summed E-state index contributed by atoms with van der Waals surface area (Å²) in [5, 5.41) is 11.0. The van der Waals surface area contributed by atoms with Gasteiger partial charge in [-0.1, -0.05) is 0 Å². The largest absolute Gasteiger partial charge is 0.548 e. The minimum atomic E-state index is -1.07. The molecule has 0 aromatic carbocycles. The zero-order chi connectivity index (χ0) is 6.85. The van der Waals surface area contributed by atoms with Gasteiger partial charge in [-0.15, -0.1) is 11.8 Å². The van der Waals surface area contributed by atoms with E-state index in [-0.39, 0.29) is 0 Å². The maximum Gasteiger partial charge on any atom is 0.0996 e. The van der Waals surface area contributed by atoms with E-state index in [1.54, 1.807) is 6.92 Å². The number of aliphatic carboxylic acids is 1. The highest BCUT2D eigenvalue weighted by Gasteiger charge is 2.15. The summed E-state index contributed by atoms with van der Waals surface area (Å²) in [5.41, 5.74) is 0. The zero-order valence-electron chi connectivity index (χ0n) is 4.96. The molecule has 0 saturated carbocycles. The molecule has 0 radical (unpaired) electrons. The second kappa shape index (κ2) is 2.39. The van der Waals surface area contributed by atoms with E-state index in [4.69, 9.17) is 0 Å². The minimum absolute atomic E-state index is 0.536. The Hall–Kier alpha value is -0.510. The third-order valence-corrected chi connectivity index (χ3v) is 2.07. The molecule has 0 N–H and O–H groups in total. The Kier molecular flexibility index (Phi) is 1.75. The van der Waals surface area contributed by atoms with E-state index in [9.17, 15) is 9.90 Å². The van der Waals surface area contributed by atoms with Crippen LogP contribution in [0.25, 0.3) is 0 Å². The first-order valence-electron chi connectivity index (χ1n) is 2.58. The molecule has 50 valence electrons. The molecule has 0 bridgehead atoms. The Morgan fingerprint density at radius 1 is 2.00 bits per heavy atom. The first kappa shape index (κ1) is 6.61. The molecule has 0 aliphatic carbocycles. The van der Waals surface area contributed by atoms with Crippen molar-refractivity contribution in [2.75, 3.05) is 5.75 Å². The van der Waals surface area contributed by atoms with Gasteiger partial charge in [-0.25, -0.2) is 0 Å². The van der Waals surface area contributed by atoms with E-state index < -0.39 is 12.0 Å². The smallest absolute Gasteiger partial charge is 0.0996 e. The molecule has 0 aromatic heterocycles. The van der Waals surface area contributed by atoms with E-state index in [1.807, 2.05) is 0 Å². The van der Waals surface area contributed by atoms with Crippen molar-refractivity contribution in [2.45, 2.75) is 13.0 Å². The van der Waals surface area contributed by atoms with Crippen LogP contribution in [0.4, 0.5) is 0 Å². The van der Waals surface area contributed by atoms with Gasteiger partial charge in [0.1, 0.15) is 0 Å². The van der Waals surface area contributed by atoms with Gasteiger partial charge in [0.05, 0.1) is 17.1 Å². The number of carbonyl (C=O) groups excluding carboxylic acids is 1. The first-order valence-corrected chi connectivity index (χ1v) is 3.57. The molecule has 0 aromatic rings. The van der Waals surface area contributed by atoms with Crippen LogP contribution in [-0.2, 0) is 4.79 Å². The average molecular weight is 144 g/mol. The van der Waals surface area contributed by atoms with Crippen molar-refractivity contribution in [3.8, 4) is 0 Å². The van der Waals surface area contributed by atoms with Crippen LogP contribution in [0, 0.1) is 0 Å². The summed E-state index contributed by atoms with van der Waals surface area (Å²) in [6.45, 7) is 1.80.